The van der Waals surface area contributed by atoms with Gasteiger partial charge in [0.2, 0.25) is 5.89 Å². The molecule has 0 aliphatic heterocycles. The number of oxime groups is 1. The van der Waals surface area contributed by atoms with Crippen LogP contribution in [0.15, 0.2) is 88.5 Å². The van der Waals surface area contributed by atoms with Crippen molar-refractivity contribution in [2.75, 3.05) is 0 Å². The van der Waals surface area contributed by atoms with Crippen LogP contribution in [0.1, 0.15) is 43.2 Å². The van der Waals surface area contributed by atoms with Crippen LogP contribution in [-0.2, 0) is 22.8 Å². The van der Waals surface area contributed by atoms with Gasteiger partial charge in [0.1, 0.15) is 30.4 Å². The number of aliphatic carboxylic acids is 1. The van der Waals surface area contributed by atoms with Crippen LogP contribution in [-0.4, -0.2) is 21.8 Å². The van der Waals surface area contributed by atoms with E-state index in [1.54, 1.807) is 0 Å². The van der Waals surface area contributed by atoms with Gasteiger partial charge >= 0.3 is 5.97 Å². The summed E-state index contributed by atoms with van der Waals surface area (Å²) < 4.78 is 11.7. The molecule has 0 unspecified atom stereocenters. The van der Waals surface area contributed by atoms with E-state index < -0.39 is 5.97 Å². The van der Waals surface area contributed by atoms with E-state index in [1.165, 1.54) is 0 Å². The molecule has 0 fully saturated rings. The smallest absolute Gasteiger partial charge is 0.303 e. The van der Waals surface area contributed by atoms with E-state index in [1.807, 2.05) is 80.6 Å². The normalized spacial score (nSPS) is 11.5. The predicted molar refractivity (Wildman–Crippen MR) is 135 cm³/mol. The van der Waals surface area contributed by atoms with Gasteiger partial charge in [0.05, 0.1) is 12.1 Å². The van der Waals surface area contributed by atoms with Gasteiger partial charge < -0.3 is 19.1 Å². The lowest BCUT2D eigenvalue weighted by atomic mass is 10.1. The molecule has 1 heterocycles. The first kappa shape index (κ1) is 25.5. The highest BCUT2D eigenvalue weighted by atomic mass is 16.6. The van der Waals surface area contributed by atoms with Crippen LogP contribution < -0.4 is 4.74 Å². The van der Waals surface area contributed by atoms with Crippen molar-refractivity contribution in [3.8, 4) is 17.2 Å². The summed E-state index contributed by atoms with van der Waals surface area (Å²) >= 11 is 0. The molecule has 3 aromatic rings. The summed E-state index contributed by atoms with van der Waals surface area (Å²) in [5.74, 6) is 1.10. The number of hydrogen-bond acceptors (Lipinski definition) is 6. The highest BCUT2D eigenvalue weighted by Gasteiger charge is 2.12. The Balaban J connectivity index is 1.55. The molecule has 3 rings (SSSR count). The maximum Gasteiger partial charge on any atom is 0.303 e. The van der Waals surface area contributed by atoms with Gasteiger partial charge in [0, 0.05) is 12.0 Å². The van der Waals surface area contributed by atoms with E-state index in [4.69, 9.17) is 19.1 Å². The van der Waals surface area contributed by atoms with Crippen LogP contribution in [0, 0.1) is 6.92 Å². The van der Waals surface area contributed by atoms with Crippen molar-refractivity contribution in [1.82, 2.24) is 4.98 Å². The lowest BCUT2D eigenvalue weighted by molar-refractivity contribution is -0.136. The molecule has 0 atom stereocenters. The van der Waals surface area contributed by atoms with E-state index in [0.29, 0.717) is 29.5 Å². The Hall–Kier alpha value is -4.13. The quantitative estimate of drug-likeness (QED) is 0.173. The van der Waals surface area contributed by atoms with Crippen molar-refractivity contribution < 1.29 is 23.9 Å². The first-order valence-corrected chi connectivity index (χ1v) is 11.5. The number of nitrogens with zero attached hydrogens (tertiary/aromatic N) is 2. The molecule has 0 amide bonds. The van der Waals surface area contributed by atoms with Crippen LogP contribution >= 0.6 is 0 Å². The van der Waals surface area contributed by atoms with Crippen molar-refractivity contribution in [3.05, 3.63) is 95.9 Å². The minimum absolute atomic E-state index is 0.0367. The average Bonchev–Trinajstić information content (AvgIpc) is 3.24. The number of carboxylic acid groups (broad SMARTS) is 1. The number of aromatic nitrogens is 1. The largest absolute Gasteiger partial charge is 0.487 e. The first-order valence-electron chi connectivity index (χ1n) is 11.5. The van der Waals surface area contributed by atoms with Crippen LogP contribution in [0.4, 0.5) is 0 Å². The van der Waals surface area contributed by atoms with Gasteiger partial charge in [-0.1, -0.05) is 61.1 Å². The third-order valence-electron chi connectivity index (χ3n) is 5.12. The number of benzene rings is 2. The van der Waals surface area contributed by atoms with E-state index in [-0.39, 0.29) is 19.4 Å². The number of allylic oxidation sites excluding steroid dienone is 3. The maximum atomic E-state index is 10.9. The summed E-state index contributed by atoms with van der Waals surface area (Å²) in [6.07, 6.45) is 4.84. The maximum absolute atomic E-state index is 10.9. The standard InChI is InChI=1S/C28H30N2O5/c1-4-5-9-20(2)25(16-17-27(31)32)30-34-18-22-12-14-24(15-13-22)33-19-26-21(3)35-28(29-26)23-10-7-6-8-11-23/h5-15H,2,4,16-19H2,1,3H3,(H,31,32)/b9-5-,30-25+. The lowest BCUT2D eigenvalue weighted by Gasteiger charge is -2.08. The second kappa shape index (κ2) is 12.9. The van der Waals surface area contributed by atoms with Crippen LogP contribution in [0.2, 0.25) is 0 Å². The molecular formula is C28H30N2O5. The Morgan fingerprint density at radius 1 is 1.11 bits per heavy atom. The molecule has 0 radical (unpaired) electrons. The zero-order valence-electron chi connectivity index (χ0n) is 20.1. The second-order valence-corrected chi connectivity index (χ2v) is 7.86. The van der Waals surface area contributed by atoms with Crippen LogP contribution in [0.3, 0.4) is 0 Å². The summed E-state index contributed by atoms with van der Waals surface area (Å²) in [5, 5.41) is 13.1. The number of carboxylic acids is 1. The zero-order chi connectivity index (χ0) is 25.0. The Bertz CT molecular complexity index is 1180. The van der Waals surface area contributed by atoms with Crippen molar-refractivity contribution in [3.63, 3.8) is 0 Å². The molecule has 0 spiro atoms. The zero-order valence-corrected chi connectivity index (χ0v) is 20.1. The Morgan fingerprint density at radius 3 is 2.54 bits per heavy atom. The Labute approximate surface area is 205 Å². The van der Waals surface area contributed by atoms with Gasteiger partial charge in [-0.3, -0.25) is 4.79 Å². The highest BCUT2D eigenvalue weighted by molar-refractivity contribution is 6.02. The molecule has 0 aliphatic carbocycles. The Kier molecular flexibility index (Phi) is 9.42. The lowest BCUT2D eigenvalue weighted by Crippen LogP contribution is -2.06. The highest BCUT2D eigenvalue weighted by Crippen LogP contribution is 2.23. The molecule has 7 nitrogen and oxygen atoms in total. The van der Waals surface area contributed by atoms with E-state index >= 15 is 0 Å². The first-order chi connectivity index (χ1) is 17.0. The van der Waals surface area contributed by atoms with Crippen molar-refractivity contribution in [1.29, 1.82) is 0 Å². The summed E-state index contributed by atoms with van der Waals surface area (Å²) in [7, 11) is 0. The summed E-state index contributed by atoms with van der Waals surface area (Å²) in [5.41, 5.74) is 3.74. The number of rotatable bonds is 13. The molecule has 2 aromatic carbocycles. The minimum atomic E-state index is -0.891. The number of hydrogen-bond donors (Lipinski definition) is 1. The average molecular weight is 475 g/mol. The van der Waals surface area contributed by atoms with Gasteiger partial charge in [0.15, 0.2) is 0 Å². The predicted octanol–water partition coefficient (Wildman–Crippen LogP) is 6.49. The Morgan fingerprint density at radius 2 is 1.86 bits per heavy atom. The van der Waals surface area contributed by atoms with E-state index in [2.05, 4.69) is 16.7 Å². The summed E-state index contributed by atoms with van der Waals surface area (Å²) in [4.78, 5) is 21.0. The fraction of sp³-hybridized carbons (Fsp3) is 0.250. The number of aryl methyl sites for hydroxylation is 1. The molecule has 7 heteroatoms. The SMILES string of the molecule is C=C(/C=C\CC)/C(CCC(=O)O)=N/OCc1ccc(OCc2nc(-c3ccccc3)oc2C)cc1. The third-order valence-corrected chi connectivity index (χ3v) is 5.12. The number of carbonyl (C=O) groups is 1. The van der Waals surface area contributed by atoms with Gasteiger partial charge in [-0.2, -0.15) is 0 Å². The minimum Gasteiger partial charge on any atom is -0.487 e. The monoisotopic (exact) mass is 474 g/mol. The molecule has 1 aromatic heterocycles. The molecule has 0 aliphatic rings. The van der Waals surface area contributed by atoms with Gasteiger partial charge in [0.25, 0.3) is 0 Å². The second-order valence-electron chi connectivity index (χ2n) is 7.86. The van der Waals surface area contributed by atoms with Gasteiger partial charge in [-0.25, -0.2) is 4.98 Å². The molecule has 1 N–H and O–H groups in total. The van der Waals surface area contributed by atoms with E-state index in [0.717, 1.165) is 29.0 Å². The number of oxazole rings is 1. The van der Waals surface area contributed by atoms with Gasteiger partial charge in [-0.05, 0) is 48.7 Å². The summed E-state index contributed by atoms with van der Waals surface area (Å²) in [6, 6.07) is 17.2. The summed E-state index contributed by atoms with van der Waals surface area (Å²) in [6.45, 7) is 8.38. The molecular weight excluding hydrogens is 444 g/mol. The van der Waals surface area contributed by atoms with Gasteiger partial charge in [-0.15, -0.1) is 0 Å². The number of ether oxygens (including phenoxy) is 1. The fourth-order valence-electron chi connectivity index (χ4n) is 3.13. The van der Waals surface area contributed by atoms with Crippen molar-refractivity contribution in [2.45, 2.75) is 46.3 Å². The topological polar surface area (TPSA) is 94.2 Å². The molecule has 182 valence electrons. The van der Waals surface area contributed by atoms with Crippen LogP contribution in [0.25, 0.3) is 11.5 Å². The molecule has 0 bridgehead atoms. The molecule has 0 saturated heterocycles. The molecule has 0 saturated carbocycles. The molecule has 35 heavy (non-hydrogen) atoms. The van der Waals surface area contributed by atoms with Crippen molar-refractivity contribution >= 4 is 11.7 Å². The van der Waals surface area contributed by atoms with Crippen LogP contribution in [0.5, 0.6) is 5.75 Å². The van der Waals surface area contributed by atoms with Crippen molar-refractivity contribution in [2.24, 2.45) is 5.16 Å². The fourth-order valence-corrected chi connectivity index (χ4v) is 3.13. The third kappa shape index (κ3) is 7.99. The van der Waals surface area contributed by atoms with E-state index in [9.17, 15) is 4.79 Å².